The van der Waals surface area contributed by atoms with E-state index < -0.39 is 6.04 Å². The monoisotopic (exact) mass is 315 g/mol. The van der Waals surface area contributed by atoms with E-state index in [4.69, 9.17) is 15.2 Å². The molecular formula is C13H18BrNO3. The van der Waals surface area contributed by atoms with Crippen molar-refractivity contribution in [1.82, 2.24) is 0 Å². The molecule has 0 spiro atoms. The van der Waals surface area contributed by atoms with E-state index in [1.165, 1.54) is 7.11 Å². The third kappa shape index (κ3) is 2.84. The van der Waals surface area contributed by atoms with Crippen LogP contribution in [-0.4, -0.2) is 26.0 Å². The number of carbonyl (C=O) groups excluding carboxylic acids is 1. The minimum atomic E-state index is -0.542. The van der Waals surface area contributed by atoms with Gasteiger partial charge in [-0.2, -0.15) is 0 Å². The molecular weight excluding hydrogens is 298 g/mol. The van der Waals surface area contributed by atoms with Gasteiger partial charge in [0.2, 0.25) is 0 Å². The Hall–Kier alpha value is -1.07. The fourth-order valence-electron chi connectivity index (χ4n) is 1.57. The van der Waals surface area contributed by atoms with Crippen molar-refractivity contribution in [3.63, 3.8) is 0 Å². The van der Waals surface area contributed by atoms with Gasteiger partial charge in [-0.25, -0.2) is 0 Å². The summed E-state index contributed by atoms with van der Waals surface area (Å²) in [6.07, 6.45) is 0. The van der Waals surface area contributed by atoms with Crippen molar-refractivity contribution in [3.8, 4) is 11.5 Å². The van der Waals surface area contributed by atoms with Crippen molar-refractivity contribution in [2.24, 2.45) is 11.7 Å². The first-order valence-corrected chi connectivity index (χ1v) is 6.43. The Kier molecular flexibility index (Phi) is 5.16. The lowest BCUT2D eigenvalue weighted by Gasteiger charge is -2.17. The molecule has 1 aromatic rings. The van der Waals surface area contributed by atoms with Crippen LogP contribution in [0.4, 0.5) is 0 Å². The number of carbonyl (C=O) groups is 1. The largest absolute Gasteiger partial charge is 0.495 e. The molecule has 0 aliphatic carbocycles. The third-order valence-corrected chi connectivity index (χ3v) is 3.52. The summed E-state index contributed by atoms with van der Waals surface area (Å²) in [6, 6.07) is 2.85. The molecule has 0 aliphatic heterocycles. The van der Waals surface area contributed by atoms with Gasteiger partial charge in [0.1, 0.15) is 16.0 Å². The van der Waals surface area contributed by atoms with Crippen molar-refractivity contribution >= 4 is 21.7 Å². The highest BCUT2D eigenvalue weighted by atomic mass is 79.9. The molecule has 0 aromatic heterocycles. The standard InChI is InChI=1S/C13H18BrNO3/c1-7(2)11(15)12(16)8-5-6-9(17-3)10(14)13(8)18-4/h5-7,11H,15H2,1-4H3. The highest BCUT2D eigenvalue weighted by Crippen LogP contribution is 2.37. The van der Waals surface area contributed by atoms with Gasteiger partial charge in [0, 0.05) is 0 Å². The van der Waals surface area contributed by atoms with Gasteiger partial charge in [-0.1, -0.05) is 13.8 Å². The molecule has 1 rings (SSSR count). The second-order valence-electron chi connectivity index (χ2n) is 4.30. The second-order valence-corrected chi connectivity index (χ2v) is 5.09. The van der Waals surface area contributed by atoms with Crippen LogP contribution in [0.2, 0.25) is 0 Å². The molecule has 0 amide bonds. The molecule has 0 aliphatic rings. The number of ketones is 1. The second kappa shape index (κ2) is 6.20. The number of methoxy groups -OCH3 is 2. The van der Waals surface area contributed by atoms with Gasteiger partial charge in [0.15, 0.2) is 5.78 Å². The maximum absolute atomic E-state index is 12.3. The topological polar surface area (TPSA) is 61.5 Å². The van der Waals surface area contributed by atoms with Crippen LogP contribution >= 0.6 is 15.9 Å². The first-order chi connectivity index (χ1) is 8.43. The molecule has 1 aromatic carbocycles. The van der Waals surface area contributed by atoms with Crippen molar-refractivity contribution in [1.29, 1.82) is 0 Å². The quantitative estimate of drug-likeness (QED) is 0.848. The average Bonchev–Trinajstić information content (AvgIpc) is 2.36. The minimum Gasteiger partial charge on any atom is -0.495 e. The first kappa shape index (κ1) is 15.0. The molecule has 0 saturated carbocycles. The van der Waals surface area contributed by atoms with Crippen LogP contribution in [0.25, 0.3) is 0 Å². The molecule has 100 valence electrons. The molecule has 0 saturated heterocycles. The Morgan fingerprint density at radius 1 is 1.28 bits per heavy atom. The number of Topliss-reactive ketones (excluding diaryl/α,β-unsaturated/α-hetero) is 1. The summed E-state index contributed by atoms with van der Waals surface area (Å²) in [5.41, 5.74) is 6.35. The molecule has 0 bridgehead atoms. The molecule has 1 atom stereocenters. The summed E-state index contributed by atoms with van der Waals surface area (Å²) in [7, 11) is 3.07. The van der Waals surface area contributed by atoms with Crippen LogP contribution in [0.5, 0.6) is 11.5 Å². The maximum Gasteiger partial charge on any atom is 0.183 e. The Balaban J connectivity index is 3.25. The van der Waals surface area contributed by atoms with E-state index in [2.05, 4.69) is 15.9 Å². The van der Waals surface area contributed by atoms with Gasteiger partial charge in [-0.15, -0.1) is 0 Å². The van der Waals surface area contributed by atoms with E-state index in [9.17, 15) is 4.79 Å². The Labute approximate surface area is 116 Å². The van der Waals surface area contributed by atoms with E-state index >= 15 is 0 Å². The van der Waals surface area contributed by atoms with Gasteiger partial charge in [-0.05, 0) is 34.0 Å². The number of ether oxygens (including phenoxy) is 2. The number of rotatable bonds is 5. The van der Waals surface area contributed by atoms with Crippen LogP contribution in [0.1, 0.15) is 24.2 Å². The van der Waals surface area contributed by atoms with Crippen LogP contribution < -0.4 is 15.2 Å². The lowest BCUT2D eigenvalue weighted by molar-refractivity contribution is 0.0937. The van der Waals surface area contributed by atoms with E-state index in [-0.39, 0.29) is 11.7 Å². The summed E-state index contributed by atoms with van der Waals surface area (Å²) in [5, 5.41) is 0. The number of halogens is 1. The van der Waals surface area contributed by atoms with Crippen LogP contribution in [0.15, 0.2) is 16.6 Å². The Morgan fingerprint density at radius 2 is 1.89 bits per heavy atom. The lowest BCUT2D eigenvalue weighted by Crippen LogP contribution is -2.35. The summed E-state index contributed by atoms with van der Waals surface area (Å²) in [6.45, 7) is 3.82. The highest BCUT2D eigenvalue weighted by Gasteiger charge is 2.24. The summed E-state index contributed by atoms with van der Waals surface area (Å²) in [5.74, 6) is 1.00. The van der Waals surface area contributed by atoms with E-state index in [1.807, 2.05) is 13.8 Å². The Morgan fingerprint density at radius 3 is 2.33 bits per heavy atom. The zero-order chi connectivity index (χ0) is 13.9. The maximum atomic E-state index is 12.3. The van der Waals surface area contributed by atoms with Crippen molar-refractivity contribution in [2.45, 2.75) is 19.9 Å². The molecule has 2 N–H and O–H groups in total. The molecule has 5 heteroatoms. The van der Waals surface area contributed by atoms with Gasteiger partial charge in [0.25, 0.3) is 0 Å². The van der Waals surface area contributed by atoms with Gasteiger partial charge in [0.05, 0.1) is 25.8 Å². The fraction of sp³-hybridized carbons (Fsp3) is 0.462. The van der Waals surface area contributed by atoms with Gasteiger partial charge in [-0.3, -0.25) is 4.79 Å². The Bertz CT molecular complexity index is 446. The molecule has 0 heterocycles. The van der Waals surface area contributed by atoms with E-state index in [1.54, 1.807) is 19.2 Å². The number of nitrogens with two attached hydrogens (primary N) is 1. The molecule has 0 radical (unpaired) electrons. The van der Waals surface area contributed by atoms with Gasteiger partial charge < -0.3 is 15.2 Å². The van der Waals surface area contributed by atoms with Gasteiger partial charge >= 0.3 is 0 Å². The van der Waals surface area contributed by atoms with Crippen molar-refractivity contribution < 1.29 is 14.3 Å². The number of hydrogen-bond acceptors (Lipinski definition) is 4. The van der Waals surface area contributed by atoms with Crippen LogP contribution in [0.3, 0.4) is 0 Å². The average molecular weight is 316 g/mol. The van der Waals surface area contributed by atoms with Crippen molar-refractivity contribution in [2.75, 3.05) is 14.2 Å². The predicted octanol–water partition coefficient (Wildman–Crippen LogP) is 2.63. The summed E-state index contributed by atoms with van der Waals surface area (Å²) < 4.78 is 11.0. The van der Waals surface area contributed by atoms with E-state index in [0.29, 0.717) is 21.5 Å². The van der Waals surface area contributed by atoms with Crippen LogP contribution in [-0.2, 0) is 0 Å². The number of benzene rings is 1. The summed E-state index contributed by atoms with van der Waals surface area (Å²) in [4.78, 5) is 12.3. The third-order valence-electron chi connectivity index (χ3n) is 2.77. The molecule has 1 unspecified atom stereocenters. The molecule has 18 heavy (non-hydrogen) atoms. The minimum absolute atomic E-state index is 0.0723. The highest BCUT2D eigenvalue weighted by molar-refractivity contribution is 9.10. The van der Waals surface area contributed by atoms with Crippen LogP contribution in [0, 0.1) is 5.92 Å². The SMILES string of the molecule is COc1ccc(C(=O)C(N)C(C)C)c(OC)c1Br. The zero-order valence-corrected chi connectivity index (χ0v) is 12.6. The first-order valence-electron chi connectivity index (χ1n) is 5.64. The normalized spacial score (nSPS) is 12.4. The zero-order valence-electron chi connectivity index (χ0n) is 11.0. The molecule has 4 nitrogen and oxygen atoms in total. The smallest absolute Gasteiger partial charge is 0.183 e. The number of hydrogen-bond donors (Lipinski definition) is 1. The predicted molar refractivity (Wildman–Crippen MR) is 74.4 cm³/mol. The fourth-order valence-corrected chi connectivity index (χ4v) is 2.24. The summed E-state index contributed by atoms with van der Waals surface area (Å²) >= 11 is 3.36. The lowest BCUT2D eigenvalue weighted by atomic mass is 9.95. The van der Waals surface area contributed by atoms with E-state index in [0.717, 1.165) is 0 Å². The molecule has 0 fully saturated rings. The van der Waals surface area contributed by atoms with Crippen molar-refractivity contribution in [3.05, 3.63) is 22.2 Å².